The van der Waals surface area contributed by atoms with E-state index in [0.29, 0.717) is 23.7 Å². The number of piperidine rings is 1. The van der Waals surface area contributed by atoms with Crippen LogP contribution in [0.1, 0.15) is 52.6 Å². The van der Waals surface area contributed by atoms with E-state index in [-0.39, 0.29) is 11.8 Å². The summed E-state index contributed by atoms with van der Waals surface area (Å²) in [5.41, 5.74) is 2.19. The molecular formula is C22H27N3O2. The third-order valence-corrected chi connectivity index (χ3v) is 5.04. The molecular weight excluding hydrogens is 338 g/mol. The molecule has 1 aliphatic heterocycles. The lowest BCUT2D eigenvalue weighted by Gasteiger charge is -2.32. The maximum absolute atomic E-state index is 12.8. The van der Waals surface area contributed by atoms with Gasteiger partial charge in [0.05, 0.1) is 0 Å². The molecule has 1 aromatic heterocycles. The van der Waals surface area contributed by atoms with Crippen LogP contribution in [0.3, 0.4) is 0 Å². The monoisotopic (exact) mass is 365 g/mol. The molecule has 5 nitrogen and oxygen atoms in total. The molecule has 3 rings (SSSR count). The molecule has 1 N–H and O–H groups in total. The molecule has 0 bridgehead atoms. The first-order valence-corrected chi connectivity index (χ1v) is 9.75. The summed E-state index contributed by atoms with van der Waals surface area (Å²) in [7, 11) is 0. The molecule has 0 atom stereocenters. The largest absolute Gasteiger partial charge is 0.351 e. The van der Waals surface area contributed by atoms with Crippen molar-refractivity contribution in [3.63, 3.8) is 0 Å². The van der Waals surface area contributed by atoms with Crippen molar-refractivity contribution in [1.82, 2.24) is 15.2 Å². The van der Waals surface area contributed by atoms with Gasteiger partial charge in [-0.2, -0.15) is 0 Å². The molecule has 5 heteroatoms. The number of nitrogens with one attached hydrogen (secondary N) is 1. The van der Waals surface area contributed by atoms with E-state index in [2.05, 4.69) is 34.6 Å². The maximum Gasteiger partial charge on any atom is 0.269 e. The SMILES string of the molecule is CCCNC(=O)c1cc(C(=O)N2CCC(Cc3ccccc3)CC2)ccn1. The minimum Gasteiger partial charge on any atom is -0.351 e. The molecule has 1 aliphatic rings. The van der Waals surface area contributed by atoms with Crippen LogP contribution in [0.4, 0.5) is 0 Å². The van der Waals surface area contributed by atoms with Crippen LogP contribution in [0, 0.1) is 5.92 Å². The zero-order valence-corrected chi connectivity index (χ0v) is 15.9. The topological polar surface area (TPSA) is 62.3 Å². The Labute approximate surface area is 160 Å². The normalized spacial score (nSPS) is 14.8. The van der Waals surface area contributed by atoms with E-state index in [9.17, 15) is 9.59 Å². The number of hydrogen-bond acceptors (Lipinski definition) is 3. The Morgan fingerprint density at radius 3 is 2.59 bits per heavy atom. The van der Waals surface area contributed by atoms with Crippen molar-refractivity contribution >= 4 is 11.8 Å². The summed E-state index contributed by atoms with van der Waals surface area (Å²) >= 11 is 0. The van der Waals surface area contributed by atoms with Crippen LogP contribution in [0.25, 0.3) is 0 Å². The molecule has 1 saturated heterocycles. The zero-order valence-electron chi connectivity index (χ0n) is 15.9. The minimum atomic E-state index is -0.229. The Kier molecular flexibility index (Phi) is 6.58. The number of nitrogens with zero attached hydrogens (tertiary/aromatic N) is 2. The summed E-state index contributed by atoms with van der Waals surface area (Å²) in [5, 5.41) is 2.80. The Morgan fingerprint density at radius 2 is 1.89 bits per heavy atom. The molecule has 2 amide bonds. The van der Waals surface area contributed by atoms with Crippen LogP contribution in [0.5, 0.6) is 0 Å². The van der Waals surface area contributed by atoms with Gasteiger partial charge in [0.1, 0.15) is 5.69 Å². The van der Waals surface area contributed by atoms with Gasteiger partial charge in [-0.25, -0.2) is 0 Å². The standard InChI is InChI=1S/C22H27N3O2/c1-2-11-24-21(26)20-16-19(8-12-23-20)22(27)25-13-9-18(10-14-25)15-17-6-4-3-5-7-17/h3-8,12,16,18H,2,9-11,13-15H2,1H3,(H,24,26). The highest BCUT2D eigenvalue weighted by Gasteiger charge is 2.24. The van der Waals surface area contributed by atoms with Gasteiger partial charge in [-0.15, -0.1) is 0 Å². The Hall–Kier alpha value is -2.69. The highest BCUT2D eigenvalue weighted by atomic mass is 16.2. The summed E-state index contributed by atoms with van der Waals surface area (Å²) in [5.74, 6) is 0.373. The highest BCUT2D eigenvalue weighted by Crippen LogP contribution is 2.23. The van der Waals surface area contributed by atoms with Gasteiger partial charge in [-0.05, 0) is 49.3 Å². The summed E-state index contributed by atoms with van der Waals surface area (Å²) in [6, 6.07) is 13.8. The van der Waals surface area contributed by atoms with Crippen molar-refractivity contribution in [3.8, 4) is 0 Å². The molecule has 2 aromatic rings. The van der Waals surface area contributed by atoms with Crippen molar-refractivity contribution < 1.29 is 9.59 Å². The van der Waals surface area contributed by atoms with Gasteiger partial charge in [0, 0.05) is 31.4 Å². The minimum absolute atomic E-state index is 0.0138. The number of amides is 2. The van der Waals surface area contributed by atoms with Crippen molar-refractivity contribution in [2.75, 3.05) is 19.6 Å². The fourth-order valence-corrected chi connectivity index (χ4v) is 3.49. The zero-order chi connectivity index (χ0) is 19.1. The van der Waals surface area contributed by atoms with Crippen molar-refractivity contribution in [2.45, 2.75) is 32.6 Å². The molecule has 0 spiro atoms. The quantitative estimate of drug-likeness (QED) is 0.854. The van der Waals surface area contributed by atoms with Crippen LogP contribution in [0.15, 0.2) is 48.7 Å². The third kappa shape index (κ3) is 5.16. The first-order chi connectivity index (χ1) is 13.2. The average Bonchev–Trinajstić information content (AvgIpc) is 2.73. The van der Waals surface area contributed by atoms with E-state index in [0.717, 1.165) is 38.8 Å². The van der Waals surface area contributed by atoms with Crippen LogP contribution in [-0.2, 0) is 6.42 Å². The lowest BCUT2D eigenvalue weighted by atomic mass is 9.90. The predicted molar refractivity (Wildman–Crippen MR) is 106 cm³/mol. The van der Waals surface area contributed by atoms with E-state index < -0.39 is 0 Å². The van der Waals surface area contributed by atoms with Crippen LogP contribution in [0.2, 0.25) is 0 Å². The van der Waals surface area contributed by atoms with E-state index in [1.165, 1.54) is 11.8 Å². The number of aromatic nitrogens is 1. The number of hydrogen-bond donors (Lipinski definition) is 1. The molecule has 0 aliphatic carbocycles. The van der Waals surface area contributed by atoms with Crippen LogP contribution >= 0.6 is 0 Å². The molecule has 1 aromatic carbocycles. The fourth-order valence-electron chi connectivity index (χ4n) is 3.49. The summed E-state index contributed by atoms with van der Waals surface area (Å²) in [4.78, 5) is 30.9. The molecule has 2 heterocycles. The van der Waals surface area contributed by atoms with E-state index in [1.807, 2.05) is 17.9 Å². The smallest absolute Gasteiger partial charge is 0.269 e. The molecule has 27 heavy (non-hydrogen) atoms. The molecule has 1 fully saturated rings. The summed E-state index contributed by atoms with van der Waals surface area (Å²) < 4.78 is 0. The van der Waals surface area contributed by atoms with Gasteiger partial charge in [-0.1, -0.05) is 37.3 Å². The molecule has 142 valence electrons. The summed E-state index contributed by atoms with van der Waals surface area (Å²) in [6.45, 7) is 4.12. The second-order valence-electron chi connectivity index (χ2n) is 7.11. The predicted octanol–water partition coefficient (Wildman–Crippen LogP) is 3.32. The number of pyridine rings is 1. The first-order valence-electron chi connectivity index (χ1n) is 9.75. The third-order valence-electron chi connectivity index (χ3n) is 5.04. The van der Waals surface area contributed by atoms with Crippen molar-refractivity contribution in [1.29, 1.82) is 0 Å². The van der Waals surface area contributed by atoms with Crippen LogP contribution in [-0.4, -0.2) is 41.3 Å². The number of rotatable bonds is 6. The van der Waals surface area contributed by atoms with E-state index in [1.54, 1.807) is 12.1 Å². The van der Waals surface area contributed by atoms with Gasteiger partial charge in [0.15, 0.2) is 0 Å². The Morgan fingerprint density at radius 1 is 1.15 bits per heavy atom. The first kappa shape index (κ1) is 19.1. The maximum atomic E-state index is 12.8. The highest BCUT2D eigenvalue weighted by molar-refractivity contribution is 5.98. The lowest BCUT2D eigenvalue weighted by Crippen LogP contribution is -2.39. The number of carbonyl (C=O) groups is 2. The molecule has 0 saturated carbocycles. The lowest BCUT2D eigenvalue weighted by molar-refractivity contribution is 0.0690. The second-order valence-corrected chi connectivity index (χ2v) is 7.11. The van der Waals surface area contributed by atoms with Gasteiger partial charge in [0.2, 0.25) is 0 Å². The summed E-state index contributed by atoms with van der Waals surface area (Å²) in [6.07, 6.45) is 5.49. The van der Waals surface area contributed by atoms with Gasteiger partial charge >= 0.3 is 0 Å². The van der Waals surface area contributed by atoms with Crippen LogP contribution < -0.4 is 5.32 Å². The number of carbonyl (C=O) groups excluding carboxylic acids is 2. The second kappa shape index (κ2) is 9.31. The number of benzene rings is 1. The molecule has 0 radical (unpaired) electrons. The van der Waals surface area contributed by atoms with Gasteiger partial charge in [-0.3, -0.25) is 14.6 Å². The molecule has 0 unspecified atom stereocenters. The average molecular weight is 365 g/mol. The van der Waals surface area contributed by atoms with E-state index in [4.69, 9.17) is 0 Å². The van der Waals surface area contributed by atoms with E-state index >= 15 is 0 Å². The number of likely N-dealkylation sites (tertiary alicyclic amines) is 1. The van der Waals surface area contributed by atoms with Crippen molar-refractivity contribution in [3.05, 3.63) is 65.5 Å². The van der Waals surface area contributed by atoms with Gasteiger partial charge in [0.25, 0.3) is 11.8 Å². The Balaban J connectivity index is 1.57. The van der Waals surface area contributed by atoms with Gasteiger partial charge < -0.3 is 10.2 Å². The Bertz CT molecular complexity index is 768. The fraction of sp³-hybridized carbons (Fsp3) is 0.409. The van der Waals surface area contributed by atoms with Crippen molar-refractivity contribution in [2.24, 2.45) is 5.92 Å².